The number of halogens is 1. The second kappa shape index (κ2) is 5.12. The normalized spacial score (nSPS) is 10.1. The molecule has 2 rings (SSSR count). The quantitative estimate of drug-likeness (QED) is 0.916. The molecule has 0 unspecified atom stereocenters. The molecule has 0 saturated heterocycles. The minimum Gasteiger partial charge on any atom is -0.381 e. The number of pyridine rings is 1. The second-order valence-corrected chi connectivity index (χ2v) is 4.58. The van der Waals surface area contributed by atoms with E-state index >= 15 is 0 Å². The van der Waals surface area contributed by atoms with Gasteiger partial charge in [0.2, 0.25) is 0 Å². The van der Waals surface area contributed by atoms with E-state index in [0.29, 0.717) is 0 Å². The molecule has 0 amide bonds. The van der Waals surface area contributed by atoms with Crippen LogP contribution in [0.15, 0.2) is 47.2 Å². The van der Waals surface area contributed by atoms with Gasteiger partial charge < -0.3 is 5.32 Å². The van der Waals surface area contributed by atoms with Crippen LogP contribution in [0.5, 0.6) is 0 Å². The summed E-state index contributed by atoms with van der Waals surface area (Å²) in [5.41, 5.74) is 3.65. The lowest BCUT2D eigenvalue weighted by atomic mass is 10.2. The summed E-state index contributed by atoms with van der Waals surface area (Å²) in [5, 5.41) is 3.39. The summed E-state index contributed by atoms with van der Waals surface area (Å²) < 4.78 is 1.15. The van der Waals surface area contributed by atoms with Gasteiger partial charge in [-0.05, 0) is 36.2 Å². The Kier molecular flexibility index (Phi) is 3.57. The number of anilines is 1. The SMILES string of the molecule is Cc1cc(NCc2cc[nH+]cc2)ccc1Br. The van der Waals surface area contributed by atoms with Crippen LogP contribution in [0, 0.1) is 6.92 Å². The third-order valence-corrected chi connectivity index (χ3v) is 3.33. The van der Waals surface area contributed by atoms with Gasteiger partial charge in [-0.1, -0.05) is 15.9 Å². The van der Waals surface area contributed by atoms with E-state index in [4.69, 9.17) is 0 Å². The van der Waals surface area contributed by atoms with E-state index in [-0.39, 0.29) is 0 Å². The van der Waals surface area contributed by atoms with Crippen molar-refractivity contribution < 1.29 is 4.98 Å². The minimum atomic E-state index is 0.843. The van der Waals surface area contributed by atoms with Gasteiger partial charge in [0.25, 0.3) is 0 Å². The first-order chi connectivity index (χ1) is 7.75. The zero-order valence-electron chi connectivity index (χ0n) is 9.13. The van der Waals surface area contributed by atoms with Crippen molar-refractivity contribution >= 4 is 21.6 Å². The highest BCUT2D eigenvalue weighted by Crippen LogP contribution is 2.20. The molecule has 0 spiro atoms. The number of rotatable bonds is 3. The number of H-pyrrole nitrogens is 1. The van der Waals surface area contributed by atoms with Crippen LogP contribution < -0.4 is 10.3 Å². The van der Waals surface area contributed by atoms with Crippen LogP contribution in [0.25, 0.3) is 0 Å². The summed E-state index contributed by atoms with van der Waals surface area (Å²) in [6.07, 6.45) is 3.87. The van der Waals surface area contributed by atoms with Gasteiger partial charge >= 0.3 is 0 Å². The molecule has 2 N–H and O–H groups in total. The third-order valence-electron chi connectivity index (χ3n) is 2.44. The predicted octanol–water partition coefficient (Wildman–Crippen LogP) is 3.18. The highest BCUT2D eigenvalue weighted by molar-refractivity contribution is 9.10. The van der Waals surface area contributed by atoms with Crippen molar-refractivity contribution in [3.05, 3.63) is 58.3 Å². The van der Waals surface area contributed by atoms with Crippen LogP contribution in [-0.4, -0.2) is 0 Å². The summed E-state index contributed by atoms with van der Waals surface area (Å²) in [6.45, 7) is 2.93. The van der Waals surface area contributed by atoms with Crippen LogP contribution in [0.4, 0.5) is 5.69 Å². The van der Waals surface area contributed by atoms with Crippen molar-refractivity contribution in [2.75, 3.05) is 5.32 Å². The Morgan fingerprint density at radius 3 is 2.62 bits per heavy atom. The molecular formula is C13H14BrN2+. The van der Waals surface area contributed by atoms with Gasteiger partial charge in [0.05, 0.1) is 0 Å². The lowest BCUT2D eigenvalue weighted by Gasteiger charge is -2.07. The van der Waals surface area contributed by atoms with Gasteiger partial charge in [0.1, 0.15) is 0 Å². The maximum Gasteiger partial charge on any atom is 0.167 e. The highest BCUT2D eigenvalue weighted by Gasteiger charge is 1.98. The smallest absolute Gasteiger partial charge is 0.167 e. The van der Waals surface area contributed by atoms with E-state index in [9.17, 15) is 0 Å². The monoisotopic (exact) mass is 277 g/mol. The summed E-state index contributed by atoms with van der Waals surface area (Å²) in [6, 6.07) is 10.4. The van der Waals surface area contributed by atoms with E-state index in [1.807, 2.05) is 12.4 Å². The summed E-state index contributed by atoms with van der Waals surface area (Å²) in [7, 11) is 0. The van der Waals surface area contributed by atoms with Crippen LogP contribution in [0.2, 0.25) is 0 Å². The summed E-state index contributed by atoms with van der Waals surface area (Å²) >= 11 is 3.49. The van der Waals surface area contributed by atoms with Gasteiger partial charge in [-0.3, -0.25) is 0 Å². The average Bonchev–Trinajstić information content (AvgIpc) is 2.32. The summed E-state index contributed by atoms with van der Waals surface area (Å²) in [5.74, 6) is 0. The standard InChI is InChI=1S/C13H13BrN2/c1-10-8-12(2-3-13(10)14)16-9-11-4-6-15-7-5-11/h2-8,16H,9H2,1H3/p+1. The molecule has 82 valence electrons. The van der Waals surface area contributed by atoms with Crippen LogP contribution >= 0.6 is 15.9 Å². The van der Waals surface area contributed by atoms with Gasteiger partial charge in [-0.15, -0.1) is 0 Å². The minimum absolute atomic E-state index is 0.843. The Morgan fingerprint density at radius 1 is 1.19 bits per heavy atom. The fraction of sp³-hybridized carbons (Fsp3) is 0.154. The maximum absolute atomic E-state index is 3.49. The topological polar surface area (TPSA) is 26.2 Å². The van der Waals surface area contributed by atoms with Gasteiger partial charge in [-0.25, -0.2) is 4.98 Å². The van der Waals surface area contributed by atoms with Crippen molar-refractivity contribution in [1.82, 2.24) is 0 Å². The van der Waals surface area contributed by atoms with E-state index in [1.165, 1.54) is 11.1 Å². The number of nitrogens with one attached hydrogen (secondary N) is 2. The Labute approximate surface area is 104 Å². The Morgan fingerprint density at radius 2 is 1.94 bits per heavy atom. The zero-order valence-corrected chi connectivity index (χ0v) is 10.7. The zero-order chi connectivity index (χ0) is 11.4. The molecule has 0 radical (unpaired) electrons. The predicted molar refractivity (Wildman–Crippen MR) is 69.2 cm³/mol. The fourth-order valence-electron chi connectivity index (χ4n) is 1.50. The van der Waals surface area contributed by atoms with Crippen LogP contribution in [-0.2, 0) is 6.54 Å². The lowest BCUT2D eigenvalue weighted by Crippen LogP contribution is -2.03. The summed E-state index contributed by atoms with van der Waals surface area (Å²) in [4.78, 5) is 3.01. The molecule has 1 heterocycles. The lowest BCUT2D eigenvalue weighted by molar-refractivity contribution is -0.378. The van der Waals surface area contributed by atoms with E-state index in [0.717, 1.165) is 16.7 Å². The van der Waals surface area contributed by atoms with Crippen LogP contribution in [0.1, 0.15) is 11.1 Å². The number of benzene rings is 1. The Bertz CT molecular complexity index is 469. The molecular weight excluding hydrogens is 264 g/mol. The molecule has 0 fully saturated rings. The highest BCUT2D eigenvalue weighted by atomic mass is 79.9. The molecule has 1 aromatic carbocycles. The van der Waals surface area contributed by atoms with Gasteiger partial charge in [0.15, 0.2) is 12.4 Å². The number of aromatic amines is 1. The average molecular weight is 278 g/mol. The third kappa shape index (κ3) is 2.83. The van der Waals surface area contributed by atoms with E-state index in [2.05, 4.69) is 63.5 Å². The second-order valence-electron chi connectivity index (χ2n) is 3.73. The molecule has 2 nitrogen and oxygen atoms in total. The van der Waals surface area contributed by atoms with E-state index in [1.54, 1.807) is 0 Å². The number of aromatic nitrogens is 1. The molecule has 0 saturated carbocycles. The first kappa shape index (κ1) is 11.1. The van der Waals surface area contributed by atoms with Crippen molar-refractivity contribution in [3.8, 4) is 0 Å². The number of aryl methyl sites for hydroxylation is 1. The van der Waals surface area contributed by atoms with Crippen molar-refractivity contribution in [3.63, 3.8) is 0 Å². The maximum atomic E-state index is 3.49. The molecule has 1 aromatic heterocycles. The number of hydrogen-bond acceptors (Lipinski definition) is 1. The first-order valence-corrected chi connectivity index (χ1v) is 6.00. The van der Waals surface area contributed by atoms with Crippen LogP contribution in [0.3, 0.4) is 0 Å². The fourth-order valence-corrected chi connectivity index (χ4v) is 1.74. The van der Waals surface area contributed by atoms with Crippen molar-refractivity contribution in [1.29, 1.82) is 0 Å². The largest absolute Gasteiger partial charge is 0.381 e. The van der Waals surface area contributed by atoms with Crippen molar-refractivity contribution in [2.24, 2.45) is 0 Å². The molecule has 0 bridgehead atoms. The Hall–Kier alpha value is -1.35. The molecule has 0 atom stereocenters. The molecule has 0 aliphatic carbocycles. The Balaban J connectivity index is 2.03. The first-order valence-electron chi connectivity index (χ1n) is 5.21. The number of hydrogen-bond donors (Lipinski definition) is 1. The molecule has 3 heteroatoms. The van der Waals surface area contributed by atoms with Crippen molar-refractivity contribution in [2.45, 2.75) is 13.5 Å². The molecule has 0 aliphatic heterocycles. The van der Waals surface area contributed by atoms with E-state index < -0.39 is 0 Å². The van der Waals surface area contributed by atoms with Gasteiger partial charge in [0, 0.05) is 28.8 Å². The molecule has 16 heavy (non-hydrogen) atoms. The molecule has 0 aliphatic rings. The van der Waals surface area contributed by atoms with Gasteiger partial charge in [-0.2, -0.15) is 0 Å². The molecule has 2 aromatic rings.